The Balaban J connectivity index is 1.82. The minimum Gasteiger partial charge on any atom is -0.484 e. The lowest BCUT2D eigenvalue weighted by molar-refractivity contribution is -0.123. The zero-order chi connectivity index (χ0) is 18.2. The van der Waals surface area contributed by atoms with Crippen molar-refractivity contribution in [2.24, 2.45) is 5.10 Å². The van der Waals surface area contributed by atoms with Crippen LogP contribution in [0.3, 0.4) is 0 Å². The van der Waals surface area contributed by atoms with Gasteiger partial charge in [0, 0.05) is 0 Å². The number of esters is 1. The highest BCUT2D eigenvalue weighted by Gasteiger charge is 2.04. The van der Waals surface area contributed by atoms with E-state index in [2.05, 4.69) is 15.3 Å². The molecule has 0 heterocycles. The number of hydrogen-bond donors (Lipinski definition) is 1. The third kappa shape index (κ3) is 5.76. The van der Waals surface area contributed by atoms with Crippen LogP contribution in [0.5, 0.6) is 5.75 Å². The molecule has 0 saturated carbocycles. The number of hydrazone groups is 1. The van der Waals surface area contributed by atoms with Crippen LogP contribution in [0.1, 0.15) is 27.0 Å². The van der Waals surface area contributed by atoms with Gasteiger partial charge in [0.25, 0.3) is 5.91 Å². The van der Waals surface area contributed by atoms with E-state index in [-0.39, 0.29) is 12.5 Å². The van der Waals surface area contributed by atoms with Gasteiger partial charge in [0.05, 0.1) is 18.9 Å². The Hall–Kier alpha value is -3.15. The summed E-state index contributed by atoms with van der Waals surface area (Å²) < 4.78 is 10.1. The summed E-state index contributed by atoms with van der Waals surface area (Å²) in [5, 5.41) is 3.86. The summed E-state index contributed by atoms with van der Waals surface area (Å²) in [7, 11) is 1.33. The first-order valence-corrected chi connectivity index (χ1v) is 7.69. The molecule has 1 amide bonds. The summed E-state index contributed by atoms with van der Waals surface area (Å²) in [6, 6.07) is 12.4. The van der Waals surface area contributed by atoms with E-state index in [9.17, 15) is 9.59 Å². The second-order valence-corrected chi connectivity index (χ2v) is 5.52. The first kappa shape index (κ1) is 18.2. The SMILES string of the molecule is COC(=O)c1ccc(/C=N/NC(=O)COc2cc(C)cc(C)c2)cc1. The fraction of sp³-hybridized carbons (Fsp3) is 0.211. The summed E-state index contributed by atoms with van der Waals surface area (Å²) in [5.41, 5.74) is 5.73. The van der Waals surface area contributed by atoms with Crippen molar-refractivity contribution in [3.63, 3.8) is 0 Å². The monoisotopic (exact) mass is 340 g/mol. The summed E-state index contributed by atoms with van der Waals surface area (Å²) in [6.07, 6.45) is 1.48. The zero-order valence-corrected chi connectivity index (χ0v) is 14.4. The Morgan fingerprint density at radius 1 is 1.08 bits per heavy atom. The van der Waals surface area contributed by atoms with Crippen molar-refractivity contribution in [1.29, 1.82) is 0 Å². The highest BCUT2D eigenvalue weighted by atomic mass is 16.5. The van der Waals surface area contributed by atoms with Crippen molar-refractivity contribution in [2.75, 3.05) is 13.7 Å². The number of nitrogens with zero attached hydrogens (tertiary/aromatic N) is 1. The van der Waals surface area contributed by atoms with Gasteiger partial charge in [-0.2, -0.15) is 5.10 Å². The van der Waals surface area contributed by atoms with Gasteiger partial charge in [-0.05, 0) is 54.8 Å². The number of ether oxygens (including phenoxy) is 2. The van der Waals surface area contributed by atoms with Crippen LogP contribution in [0.2, 0.25) is 0 Å². The molecule has 2 aromatic carbocycles. The molecular weight excluding hydrogens is 320 g/mol. The fourth-order valence-electron chi connectivity index (χ4n) is 2.20. The smallest absolute Gasteiger partial charge is 0.337 e. The molecule has 0 fully saturated rings. The second-order valence-electron chi connectivity index (χ2n) is 5.52. The molecule has 6 heteroatoms. The number of carbonyl (C=O) groups excluding carboxylic acids is 2. The van der Waals surface area contributed by atoms with Gasteiger partial charge < -0.3 is 9.47 Å². The van der Waals surface area contributed by atoms with Crippen LogP contribution >= 0.6 is 0 Å². The van der Waals surface area contributed by atoms with Crippen LogP contribution < -0.4 is 10.2 Å². The number of amides is 1. The van der Waals surface area contributed by atoms with Gasteiger partial charge in [0.2, 0.25) is 0 Å². The van der Waals surface area contributed by atoms with Crippen LogP contribution in [0.25, 0.3) is 0 Å². The van der Waals surface area contributed by atoms with E-state index in [1.165, 1.54) is 13.3 Å². The first-order valence-electron chi connectivity index (χ1n) is 7.69. The van der Waals surface area contributed by atoms with Gasteiger partial charge in [-0.15, -0.1) is 0 Å². The molecule has 0 aliphatic heterocycles. The Bertz CT molecular complexity index is 762. The van der Waals surface area contributed by atoms with Crippen molar-refractivity contribution >= 4 is 18.1 Å². The van der Waals surface area contributed by atoms with E-state index in [0.717, 1.165) is 16.7 Å². The molecule has 1 N–H and O–H groups in total. The third-order valence-corrected chi connectivity index (χ3v) is 3.30. The Morgan fingerprint density at radius 2 is 1.72 bits per heavy atom. The van der Waals surface area contributed by atoms with Crippen LogP contribution in [-0.4, -0.2) is 31.8 Å². The lowest BCUT2D eigenvalue weighted by Gasteiger charge is -2.07. The Kier molecular flexibility index (Phi) is 6.28. The maximum absolute atomic E-state index is 11.7. The van der Waals surface area contributed by atoms with Crippen LogP contribution in [0.4, 0.5) is 0 Å². The number of methoxy groups -OCH3 is 1. The molecule has 25 heavy (non-hydrogen) atoms. The largest absolute Gasteiger partial charge is 0.484 e. The van der Waals surface area contributed by atoms with E-state index in [1.54, 1.807) is 24.3 Å². The molecular formula is C19H20N2O4. The van der Waals surface area contributed by atoms with Gasteiger partial charge in [-0.1, -0.05) is 18.2 Å². The molecule has 2 aromatic rings. The predicted molar refractivity (Wildman–Crippen MR) is 94.9 cm³/mol. The predicted octanol–water partition coefficient (Wildman–Crippen LogP) is 2.62. The van der Waals surface area contributed by atoms with E-state index >= 15 is 0 Å². The summed E-state index contributed by atoms with van der Waals surface area (Å²) in [5.74, 6) is -0.114. The number of benzene rings is 2. The number of hydrogen-bond acceptors (Lipinski definition) is 5. The van der Waals surface area contributed by atoms with E-state index in [1.807, 2.05) is 32.0 Å². The Labute approximate surface area is 146 Å². The average molecular weight is 340 g/mol. The standard InChI is InChI=1S/C19H20N2O4/c1-13-8-14(2)10-17(9-13)25-12-18(22)21-20-11-15-4-6-16(7-5-15)19(23)24-3/h4-11H,12H2,1-3H3,(H,21,22)/b20-11+. The fourth-order valence-corrected chi connectivity index (χ4v) is 2.20. The van der Waals surface area contributed by atoms with Gasteiger partial charge in [0.15, 0.2) is 6.61 Å². The molecule has 2 rings (SSSR count). The molecule has 0 unspecified atom stereocenters. The summed E-state index contributed by atoms with van der Waals surface area (Å²) in [4.78, 5) is 23.1. The van der Waals surface area contributed by atoms with Gasteiger partial charge in [0.1, 0.15) is 5.75 Å². The van der Waals surface area contributed by atoms with E-state index in [4.69, 9.17) is 4.74 Å². The van der Waals surface area contributed by atoms with Gasteiger partial charge >= 0.3 is 5.97 Å². The third-order valence-electron chi connectivity index (χ3n) is 3.30. The molecule has 130 valence electrons. The Morgan fingerprint density at radius 3 is 2.32 bits per heavy atom. The average Bonchev–Trinajstić information content (AvgIpc) is 2.59. The van der Waals surface area contributed by atoms with E-state index in [0.29, 0.717) is 11.3 Å². The topological polar surface area (TPSA) is 77.0 Å². The van der Waals surface area contributed by atoms with Gasteiger partial charge in [-0.25, -0.2) is 10.2 Å². The highest BCUT2D eigenvalue weighted by Crippen LogP contribution is 2.15. The minimum absolute atomic E-state index is 0.124. The summed E-state index contributed by atoms with van der Waals surface area (Å²) in [6.45, 7) is 3.81. The second kappa shape index (κ2) is 8.63. The molecule has 0 radical (unpaired) electrons. The number of aryl methyl sites for hydroxylation is 2. The zero-order valence-electron chi connectivity index (χ0n) is 14.4. The van der Waals surface area contributed by atoms with Crippen molar-refractivity contribution in [2.45, 2.75) is 13.8 Å². The molecule has 0 saturated heterocycles. The van der Waals surface area contributed by atoms with Crippen molar-refractivity contribution in [1.82, 2.24) is 5.43 Å². The van der Waals surface area contributed by atoms with Crippen LogP contribution in [-0.2, 0) is 9.53 Å². The molecule has 0 aromatic heterocycles. The van der Waals surface area contributed by atoms with Crippen molar-refractivity contribution in [3.8, 4) is 5.75 Å². The number of rotatable bonds is 6. The summed E-state index contributed by atoms with van der Waals surface area (Å²) >= 11 is 0. The normalized spacial score (nSPS) is 10.5. The quantitative estimate of drug-likeness (QED) is 0.498. The van der Waals surface area contributed by atoms with Crippen LogP contribution in [0.15, 0.2) is 47.6 Å². The first-order chi connectivity index (χ1) is 12.0. The lowest BCUT2D eigenvalue weighted by Crippen LogP contribution is -2.24. The molecule has 0 atom stereocenters. The number of nitrogens with one attached hydrogen (secondary N) is 1. The van der Waals surface area contributed by atoms with Crippen LogP contribution in [0, 0.1) is 13.8 Å². The molecule has 0 aliphatic carbocycles. The molecule has 0 spiro atoms. The molecule has 0 bridgehead atoms. The van der Waals surface area contributed by atoms with Gasteiger partial charge in [-0.3, -0.25) is 4.79 Å². The lowest BCUT2D eigenvalue weighted by atomic mass is 10.1. The maximum atomic E-state index is 11.7. The van der Waals surface area contributed by atoms with Crippen molar-refractivity contribution < 1.29 is 19.1 Å². The maximum Gasteiger partial charge on any atom is 0.337 e. The molecule has 0 aliphatic rings. The highest BCUT2D eigenvalue weighted by molar-refractivity contribution is 5.90. The number of carbonyl (C=O) groups is 2. The molecule has 6 nitrogen and oxygen atoms in total. The van der Waals surface area contributed by atoms with E-state index < -0.39 is 5.97 Å². The van der Waals surface area contributed by atoms with Crippen molar-refractivity contribution in [3.05, 3.63) is 64.7 Å². The minimum atomic E-state index is -0.402.